The van der Waals surface area contributed by atoms with Crippen molar-refractivity contribution in [2.45, 2.75) is 38.6 Å². The smallest absolute Gasteiger partial charge is 0.248 e. The fraction of sp³-hybridized carbons (Fsp3) is 0.286. The molecule has 3 aromatic heterocycles. The number of likely N-dealkylation sites (N-methyl/N-ethyl adjacent to an activating group) is 1. The number of imidazole rings is 1. The number of benzene rings is 2. The number of aromatic nitrogens is 3. The third-order valence-electron chi connectivity index (χ3n) is 9.13. The minimum Gasteiger partial charge on any atom is -0.372 e. The van der Waals surface area contributed by atoms with Crippen LogP contribution in [0.4, 0.5) is 20.2 Å². The quantitative estimate of drug-likeness (QED) is 0.177. The van der Waals surface area contributed by atoms with Crippen LogP contribution in [0.2, 0.25) is 0 Å². The van der Waals surface area contributed by atoms with E-state index in [2.05, 4.69) is 35.4 Å². The number of anilines is 2. The molecule has 0 bridgehead atoms. The number of pyridine rings is 1. The second-order valence-electron chi connectivity index (χ2n) is 12.5. The van der Waals surface area contributed by atoms with Crippen LogP contribution >= 0.6 is 0 Å². The first-order valence-corrected chi connectivity index (χ1v) is 15.1. The summed E-state index contributed by atoms with van der Waals surface area (Å²) < 4.78 is 34.2. The highest BCUT2D eigenvalue weighted by atomic mass is 19.1. The number of ketones is 1. The van der Waals surface area contributed by atoms with Gasteiger partial charge in [-0.3, -0.25) is 9.59 Å². The zero-order valence-corrected chi connectivity index (χ0v) is 25.7. The van der Waals surface area contributed by atoms with Gasteiger partial charge in [-0.25, -0.2) is 13.8 Å². The lowest BCUT2D eigenvalue weighted by atomic mass is 9.93. The Kier molecular flexibility index (Phi) is 6.85. The van der Waals surface area contributed by atoms with Gasteiger partial charge in [-0.15, -0.1) is 0 Å². The topological polar surface area (TPSA) is 83.7 Å². The van der Waals surface area contributed by atoms with Gasteiger partial charge in [0.1, 0.15) is 22.8 Å². The van der Waals surface area contributed by atoms with E-state index >= 15 is 8.78 Å². The molecule has 0 saturated heterocycles. The van der Waals surface area contributed by atoms with Gasteiger partial charge in [0, 0.05) is 61.7 Å². The molecule has 8 nitrogen and oxygen atoms in total. The first-order valence-electron chi connectivity index (χ1n) is 15.1. The Hall–Kier alpha value is -4.83. The predicted octanol–water partition coefficient (Wildman–Crippen LogP) is 5.94. The number of halogens is 2. The highest BCUT2D eigenvalue weighted by Crippen LogP contribution is 2.43. The lowest BCUT2D eigenvalue weighted by molar-refractivity contribution is -0.112. The first kappa shape index (κ1) is 28.9. The van der Waals surface area contributed by atoms with Crippen molar-refractivity contribution in [1.29, 1.82) is 0 Å². The Morgan fingerprint density at radius 1 is 1.11 bits per heavy atom. The van der Waals surface area contributed by atoms with Crippen LogP contribution in [0.25, 0.3) is 27.7 Å². The molecule has 1 saturated carbocycles. The Morgan fingerprint density at radius 2 is 1.87 bits per heavy atom. The third kappa shape index (κ3) is 4.99. The minimum atomic E-state index is -1.02. The molecule has 5 aromatic rings. The van der Waals surface area contributed by atoms with Crippen LogP contribution in [0.5, 0.6) is 0 Å². The van der Waals surface area contributed by atoms with Gasteiger partial charge in [0.2, 0.25) is 11.7 Å². The van der Waals surface area contributed by atoms with E-state index in [1.165, 1.54) is 6.08 Å². The van der Waals surface area contributed by atoms with E-state index in [-0.39, 0.29) is 11.1 Å². The summed E-state index contributed by atoms with van der Waals surface area (Å²) in [4.78, 5) is 33.1. The molecule has 1 aliphatic carbocycles. The summed E-state index contributed by atoms with van der Waals surface area (Å²) >= 11 is 0. The number of hydrogen-bond donors (Lipinski definition) is 2. The third-order valence-corrected chi connectivity index (χ3v) is 9.13. The maximum Gasteiger partial charge on any atom is 0.248 e. The summed E-state index contributed by atoms with van der Waals surface area (Å²) in [5.74, 6) is -3.21. The molecule has 2 N–H and O–H groups in total. The van der Waals surface area contributed by atoms with Crippen molar-refractivity contribution in [3.63, 3.8) is 0 Å². The first-order chi connectivity index (χ1) is 21.5. The Morgan fingerprint density at radius 3 is 2.60 bits per heavy atom. The number of carbonyl (C=O) groups excluding carboxylic acids is 2. The number of aryl methyl sites for hydroxylation is 2. The fourth-order valence-electron chi connectivity index (χ4n) is 6.37. The van der Waals surface area contributed by atoms with Gasteiger partial charge in [0.05, 0.1) is 28.7 Å². The highest BCUT2D eigenvalue weighted by molar-refractivity contribution is 6.11. The zero-order valence-electron chi connectivity index (χ0n) is 25.7. The van der Waals surface area contributed by atoms with E-state index < -0.39 is 29.0 Å². The van der Waals surface area contributed by atoms with Crippen molar-refractivity contribution in [2.24, 2.45) is 7.05 Å². The van der Waals surface area contributed by atoms with Gasteiger partial charge in [-0.05, 0) is 74.6 Å². The molecular formula is C35H34F2N6O2. The molecule has 230 valence electrons. The average molecular weight is 609 g/mol. The van der Waals surface area contributed by atoms with E-state index in [1.54, 1.807) is 12.3 Å². The van der Waals surface area contributed by atoms with E-state index in [0.29, 0.717) is 25.2 Å². The van der Waals surface area contributed by atoms with Crippen LogP contribution in [-0.4, -0.2) is 51.3 Å². The number of fused-ring (bicyclic) bond motifs is 4. The van der Waals surface area contributed by atoms with E-state index in [1.807, 2.05) is 47.6 Å². The molecule has 2 aromatic carbocycles. The average Bonchev–Trinajstić information content (AvgIpc) is 3.46. The molecule has 1 aliphatic heterocycles. The molecule has 2 aliphatic rings. The number of rotatable bonds is 7. The number of hydrogen-bond acceptors (Lipinski definition) is 5. The van der Waals surface area contributed by atoms with Crippen LogP contribution in [0.15, 0.2) is 61.1 Å². The van der Waals surface area contributed by atoms with E-state index in [4.69, 9.17) is 4.98 Å². The monoisotopic (exact) mass is 608 g/mol. The minimum absolute atomic E-state index is 0.109. The summed E-state index contributed by atoms with van der Waals surface area (Å²) in [5, 5.41) is 5.57. The van der Waals surface area contributed by atoms with Crippen molar-refractivity contribution in [3.05, 3.63) is 95.1 Å². The summed E-state index contributed by atoms with van der Waals surface area (Å²) in [7, 11) is 4.03. The SMILES string of the molecule is Cc1cc2c(ncn2C)c2c1-c1cccn3c(C(=O)c4cc(F)c(NC(=O)/C=C/CNC5(C)CC5)c(F)c4)cc(c13)CCN2C. The largest absolute Gasteiger partial charge is 0.372 e. The van der Waals surface area contributed by atoms with Gasteiger partial charge in [0.25, 0.3) is 0 Å². The molecule has 0 unspecified atom stereocenters. The summed E-state index contributed by atoms with van der Waals surface area (Å²) in [6, 6.07) is 9.83. The van der Waals surface area contributed by atoms with E-state index in [9.17, 15) is 9.59 Å². The molecular weight excluding hydrogens is 574 g/mol. The fourth-order valence-corrected chi connectivity index (χ4v) is 6.37. The van der Waals surface area contributed by atoms with Gasteiger partial charge < -0.3 is 24.5 Å². The molecule has 4 heterocycles. The summed E-state index contributed by atoms with van der Waals surface area (Å²) in [6.45, 7) is 5.34. The van der Waals surface area contributed by atoms with Crippen LogP contribution in [0, 0.1) is 18.6 Å². The summed E-state index contributed by atoms with van der Waals surface area (Å²) in [6.07, 6.45) is 9.29. The highest BCUT2D eigenvalue weighted by Gasteiger charge is 2.35. The Balaban J connectivity index is 1.23. The standard InChI is InChI=1S/C35H34F2N6O2/c1-20-15-26-31(38-19-42(26)4)33-29(20)23-7-6-13-43-27(18-21(32(23)43)9-14-41(33)3)34(45)22-16-24(36)30(25(37)17-22)40-28(44)8-5-12-39-35(2)10-11-35/h5-8,13,15-19,39H,9-12,14H2,1-4H3,(H,40,44)/b8-5+. The Bertz CT molecular complexity index is 2050. The van der Waals surface area contributed by atoms with Crippen molar-refractivity contribution in [1.82, 2.24) is 19.3 Å². The number of nitrogens with one attached hydrogen (secondary N) is 2. The molecule has 0 radical (unpaired) electrons. The normalized spacial score (nSPS) is 15.4. The second kappa shape index (κ2) is 10.7. The number of carbonyl (C=O) groups is 2. The van der Waals surface area contributed by atoms with Crippen LogP contribution in [-0.2, 0) is 18.3 Å². The number of nitrogens with zero attached hydrogens (tertiary/aromatic N) is 4. The lowest BCUT2D eigenvalue weighted by Crippen LogP contribution is -2.27. The zero-order chi connectivity index (χ0) is 31.6. The molecule has 1 fully saturated rings. The van der Waals surface area contributed by atoms with Gasteiger partial charge in [-0.2, -0.15) is 0 Å². The maximum atomic E-state index is 15.2. The second-order valence-corrected chi connectivity index (χ2v) is 12.5. The van der Waals surface area contributed by atoms with Gasteiger partial charge in [0.15, 0.2) is 0 Å². The molecule has 0 atom stereocenters. The molecule has 7 rings (SSSR count). The molecule has 10 heteroatoms. The van der Waals surface area contributed by atoms with Crippen LogP contribution in [0.1, 0.15) is 46.9 Å². The van der Waals surface area contributed by atoms with Crippen molar-refractivity contribution >= 4 is 39.6 Å². The van der Waals surface area contributed by atoms with Crippen molar-refractivity contribution in [3.8, 4) is 11.1 Å². The van der Waals surface area contributed by atoms with Crippen molar-refractivity contribution < 1.29 is 18.4 Å². The molecule has 45 heavy (non-hydrogen) atoms. The van der Waals surface area contributed by atoms with Crippen LogP contribution in [0.3, 0.4) is 0 Å². The predicted molar refractivity (Wildman–Crippen MR) is 172 cm³/mol. The van der Waals surface area contributed by atoms with Crippen LogP contribution < -0.4 is 15.5 Å². The van der Waals surface area contributed by atoms with E-state index in [0.717, 1.165) is 69.5 Å². The summed E-state index contributed by atoms with van der Waals surface area (Å²) in [5.41, 5.74) is 7.59. The number of amides is 1. The Labute approximate surface area is 259 Å². The van der Waals surface area contributed by atoms with Gasteiger partial charge >= 0.3 is 0 Å². The van der Waals surface area contributed by atoms with Gasteiger partial charge in [-0.1, -0.05) is 12.1 Å². The maximum absolute atomic E-state index is 15.2. The lowest BCUT2D eigenvalue weighted by Gasteiger charge is -2.27. The van der Waals surface area contributed by atoms with Crippen molar-refractivity contribution in [2.75, 3.05) is 30.4 Å². The molecule has 0 spiro atoms. The molecule has 1 amide bonds.